The van der Waals surface area contributed by atoms with Crippen LogP contribution in [0, 0.1) is 6.92 Å². The molecule has 0 atom stereocenters. The van der Waals surface area contributed by atoms with Gasteiger partial charge in [0, 0.05) is 63.4 Å². The van der Waals surface area contributed by atoms with Crippen molar-refractivity contribution in [1.29, 1.82) is 0 Å². The SMILES string of the molecule is CCN(CCN(CC(=O)N(C)N1Cc2ccccc2C1)C(=O)CNc1cc(-c2ncccn2)ccc1C)C(=O)OC(C)(C)C. The van der Waals surface area contributed by atoms with Crippen molar-refractivity contribution in [2.24, 2.45) is 0 Å². The Morgan fingerprint density at radius 3 is 2.18 bits per heavy atom. The Balaban J connectivity index is 1.46. The molecule has 0 radical (unpaired) electrons. The monoisotopic (exact) mass is 601 g/mol. The third-order valence-corrected chi connectivity index (χ3v) is 7.45. The van der Waals surface area contributed by atoms with Crippen LogP contribution in [0.3, 0.4) is 0 Å². The number of hydrogen-bond acceptors (Lipinski definition) is 8. The van der Waals surface area contributed by atoms with Crippen molar-refractivity contribution in [3.63, 3.8) is 0 Å². The number of anilines is 1. The zero-order valence-corrected chi connectivity index (χ0v) is 26.5. The molecule has 0 saturated heterocycles. The lowest BCUT2D eigenvalue weighted by molar-refractivity contribution is -0.151. The lowest BCUT2D eigenvalue weighted by atomic mass is 10.1. The average Bonchev–Trinajstić information content (AvgIpc) is 3.43. The van der Waals surface area contributed by atoms with Crippen LogP contribution in [0.4, 0.5) is 10.5 Å². The van der Waals surface area contributed by atoms with E-state index in [1.165, 1.54) is 20.9 Å². The fraction of sp³-hybridized carbons (Fsp3) is 0.424. The summed E-state index contributed by atoms with van der Waals surface area (Å²) < 4.78 is 5.55. The standard InChI is InChI=1S/C33H43N7O4/c1-7-38(32(43)44-33(3,4)5)17-18-39(23-30(42)37(6)40-21-26-11-8-9-12-27(26)22-40)29(41)20-36-28-19-25(14-13-24(28)2)31-34-15-10-16-35-31/h8-16,19,36H,7,17-18,20-23H2,1-6H3. The highest BCUT2D eigenvalue weighted by molar-refractivity contribution is 5.87. The number of carbonyl (C=O) groups excluding carboxylic acids is 3. The average molecular weight is 602 g/mol. The van der Waals surface area contributed by atoms with Gasteiger partial charge in [-0.25, -0.2) is 19.8 Å². The molecule has 0 bridgehead atoms. The van der Waals surface area contributed by atoms with Crippen molar-refractivity contribution in [1.82, 2.24) is 29.8 Å². The van der Waals surface area contributed by atoms with Crippen LogP contribution in [0.15, 0.2) is 60.9 Å². The van der Waals surface area contributed by atoms with Gasteiger partial charge in [0.2, 0.25) is 5.91 Å². The third kappa shape index (κ3) is 8.53. The number of likely N-dealkylation sites (N-methyl/N-ethyl adjacent to an activating group) is 2. The highest BCUT2D eigenvalue weighted by Gasteiger charge is 2.28. The molecule has 4 rings (SSSR count). The molecule has 44 heavy (non-hydrogen) atoms. The normalized spacial score (nSPS) is 12.8. The summed E-state index contributed by atoms with van der Waals surface area (Å²) in [5.74, 6) is 0.103. The van der Waals surface area contributed by atoms with Gasteiger partial charge in [0.05, 0.1) is 6.54 Å². The number of nitrogens with zero attached hydrogens (tertiary/aromatic N) is 6. The predicted octanol–water partition coefficient (Wildman–Crippen LogP) is 4.34. The molecule has 234 valence electrons. The summed E-state index contributed by atoms with van der Waals surface area (Å²) in [4.78, 5) is 51.6. The van der Waals surface area contributed by atoms with E-state index in [1.54, 1.807) is 30.5 Å². The van der Waals surface area contributed by atoms with Gasteiger partial charge in [-0.15, -0.1) is 0 Å². The van der Waals surface area contributed by atoms with E-state index in [-0.39, 0.29) is 38.0 Å². The number of aromatic nitrogens is 2. The number of fused-ring (bicyclic) bond motifs is 1. The van der Waals surface area contributed by atoms with E-state index >= 15 is 0 Å². The zero-order valence-electron chi connectivity index (χ0n) is 26.5. The summed E-state index contributed by atoms with van der Waals surface area (Å²) in [6, 6.07) is 15.7. The highest BCUT2D eigenvalue weighted by Crippen LogP contribution is 2.24. The maximum atomic E-state index is 13.7. The summed E-state index contributed by atoms with van der Waals surface area (Å²) in [7, 11) is 1.73. The largest absolute Gasteiger partial charge is 0.444 e. The molecule has 0 spiro atoms. The molecule has 11 heteroatoms. The number of rotatable bonds is 11. The van der Waals surface area contributed by atoms with E-state index in [4.69, 9.17) is 4.74 Å². The number of amides is 3. The Kier molecular flexibility index (Phi) is 10.5. The summed E-state index contributed by atoms with van der Waals surface area (Å²) in [6.45, 7) is 11.1. The predicted molar refractivity (Wildman–Crippen MR) is 169 cm³/mol. The van der Waals surface area contributed by atoms with Gasteiger partial charge in [0.25, 0.3) is 5.91 Å². The Hall–Kier alpha value is -4.51. The Morgan fingerprint density at radius 2 is 1.57 bits per heavy atom. The van der Waals surface area contributed by atoms with Crippen molar-refractivity contribution < 1.29 is 19.1 Å². The molecular weight excluding hydrogens is 558 g/mol. The number of carbonyl (C=O) groups is 3. The molecule has 2 heterocycles. The minimum absolute atomic E-state index is 0.0371. The van der Waals surface area contributed by atoms with Crippen molar-refractivity contribution >= 4 is 23.6 Å². The first-order valence-electron chi connectivity index (χ1n) is 14.9. The second kappa shape index (κ2) is 14.3. The van der Waals surface area contributed by atoms with Crippen LogP contribution in [-0.2, 0) is 27.4 Å². The first kappa shape index (κ1) is 32.4. The van der Waals surface area contributed by atoms with E-state index in [1.807, 2.05) is 70.0 Å². The van der Waals surface area contributed by atoms with E-state index < -0.39 is 11.7 Å². The smallest absolute Gasteiger partial charge is 0.410 e. The molecule has 0 unspecified atom stereocenters. The lowest BCUT2D eigenvalue weighted by Crippen LogP contribution is -2.50. The molecule has 3 amide bonds. The molecule has 2 aromatic carbocycles. The lowest BCUT2D eigenvalue weighted by Gasteiger charge is -2.32. The van der Waals surface area contributed by atoms with Crippen LogP contribution in [0.5, 0.6) is 0 Å². The Labute approximate surface area is 259 Å². The molecule has 1 aromatic heterocycles. The van der Waals surface area contributed by atoms with Crippen LogP contribution < -0.4 is 5.32 Å². The molecule has 0 saturated carbocycles. The van der Waals surface area contributed by atoms with Crippen molar-refractivity contribution in [2.45, 2.75) is 53.3 Å². The second-order valence-electron chi connectivity index (χ2n) is 11.8. The quantitative estimate of drug-likeness (QED) is 0.346. The summed E-state index contributed by atoms with van der Waals surface area (Å²) in [5.41, 5.74) is 4.26. The minimum Gasteiger partial charge on any atom is -0.444 e. The Bertz CT molecular complexity index is 1430. The van der Waals surface area contributed by atoms with Gasteiger partial charge in [-0.1, -0.05) is 36.4 Å². The topological polar surface area (TPSA) is 111 Å². The highest BCUT2D eigenvalue weighted by atomic mass is 16.6. The minimum atomic E-state index is -0.646. The zero-order chi connectivity index (χ0) is 31.9. The first-order valence-corrected chi connectivity index (χ1v) is 14.9. The number of hydrazine groups is 1. The van der Waals surface area contributed by atoms with E-state index in [9.17, 15) is 14.4 Å². The van der Waals surface area contributed by atoms with Gasteiger partial charge in [-0.3, -0.25) is 14.6 Å². The summed E-state index contributed by atoms with van der Waals surface area (Å²) in [5, 5.41) is 6.80. The van der Waals surface area contributed by atoms with Crippen LogP contribution in [0.1, 0.15) is 44.4 Å². The summed E-state index contributed by atoms with van der Waals surface area (Å²) >= 11 is 0. The molecule has 11 nitrogen and oxygen atoms in total. The molecule has 1 aliphatic rings. The van der Waals surface area contributed by atoms with Crippen molar-refractivity contribution in [2.75, 3.05) is 45.1 Å². The maximum Gasteiger partial charge on any atom is 0.410 e. The van der Waals surface area contributed by atoms with E-state index in [0.29, 0.717) is 25.5 Å². The number of ether oxygens (including phenoxy) is 1. The van der Waals surface area contributed by atoms with Gasteiger partial charge >= 0.3 is 6.09 Å². The molecule has 1 N–H and O–H groups in total. The summed E-state index contributed by atoms with van der Waals surface area (Å²) in [6.07, 6.45) is 2.91. The number of hydrogen-bond donors (Lipinski definition) is 1. The number of nitrogens with one attached hydrogen (secondary N) is 1. The molecule has 0 aliphatic carbocycles. The maximum absolute atomic E-state index is 13.7. The second-order valence-corrected chi connectivity index (χ2v) is 11.8. The van der Waals surface area contributed by atoms with Gasteiger partial charge in [-0.2, -0.15) is 0 Å². The van der Waals surface area contributed by atoms with E-state index in [2.05, 4.69) is 27.4 Å². The van der Waals surface area contributed by atoms with Gasteiger partial charge in [0.15, 0.2) is 5.82 Å². The molecular formula is C33H43N7O4. The Morgan fingerprint density at radius 1 is 0.932 bits per heavy atom. The third-order valence-electron chi connectivity index (χ3n) is 7.45. The van der Waals surface area contributed by atoms with Gasteiger partial charge in [-0.05, 0) is 63.4 Å². The van der Waals surface area contributed by atoms with Crippen LogP contribution in [-0.4, -0.2) is 93.1 Å². The fourth-order valence-electron chi connectivity index (χ4n) is 4.87. The fourth-order valence-corrected chi connectivity index (χ4v) is 4.87. The van der Waals surface area contributed by atoms with Gasteiger partial charge < -0.3 is 19.9 Å². The molecule has 0 fully saturated rings. The molecule has 1 aliphatic heterocycles. The number of aryl methyl sites for hydroxylation is 1. The van der Waals surface area contributed by atoms with E-state index in [0.717, 1.165) is 16.8 Å². The van der Waals surface area contributed by atoms with Crippen LogP contribution >= 0.6 is 0 Å². The first-order chi connectivity index (χ1) is 20.9. The van der Waals surface area contributed by atoms with Crippen LogP contribution in [0.2, 0.25) is 0 Å². The van der Waals surface area contributed by atoms with Gasteiger partial charge in [0.1, 0.15) is 12.1 Å². The number of benzene rings is 2. The van der Waals surface area contributed by atoms with Crippen molar-refractivity contribution in [3.8, 4) is 11.4 Å². The van der Waals surface area contributed by atoms with Crippen LogP contribution in [0.25, 0.3) is 11.4 Å². The van der Waals surface area contributed by atoms with Crippen molar-refractivity contribution in [3.05, 3.63) is 77.6 Å². The molecule has 3 aromatic rings.